The summed E-state index contributed by atoms with van der Waals surface area (Å²) in [5.41, 5.74) is 1.22. The average Bonchev–Trinajstić information content (AvgIpc) is 2.78. The summed E-state index contributed by atoms with van der Waals surface area (Å²) < 4.78 is 5.25. The van der Waals surface area contributed by atoms with Crippen molar-refractivity contribution in [2.45, 2.75) is 39.2 Å². The second-order valence-electron chi connectivity index (χ2n) is 5.83. The number of hydrogen-bond acceptors (Lipinski definition) is 4. The van der Waals surface area contributed by atoms with Crippen molar-refractivity contribution in [3.63, 3.8) is 0 Å². The summed E-state index contributed by atoms with van der Waals surface area (Å²) in [4.78, 5) is 4.40. The molecule has 0 fully saturated rings. The van der Waals surface area contributed by atoms with E-state index in [4.69, 9.17) is 16.1 Å². The Labute approximate surface area is 124 Å². The molecule has 5 heteroatoms. The molecule has 108 valence electrons. The Hall–Kier alpha value is -1.39. The lowest BCUT2D eigenvalue weighted by Gasteiger charge is -2.19. The molecule has 0 spiro atoms. The fourth-order valence-electron chi connectivity index (χ4n) is 1.79. The maximum Gasteiger partial charge on any atom is 0.227 e. The maximum absolute atomic E-state index is 5.86. The molecule has 20 heavy (non-hydrogen) atoms. The van der Waals surface area contributed by atoms with Crippen molar-refractivity contribution >= 4 is 11.6 Å². The fourth-order valence-corrected chi connectivity index (χ4v) is 1.92. The summed E-state index contributed by atoms with van der Waals surface area (Å²) in [6, 6.07) is 7.68. The molecule has 0 bridgehead atoms. The molecule has 0 saturated carbocycles. The van der Waals surface area contributed by atoms with Crippen LogP contribution in [0.2, 0.25) is 5.02 Å². The van der Waals surface area contributed by atoms with Gasteiger partial charge in [-0.1, -0.05) is 28.9 Å². The molecule has 0 unspecified atom stereocenters. The second-order valence-corrected chi connectivity index (χ2v) is 6.27. The van der Waals surface area contributed by atoms with Gasteiger partial charge >= 0.3 is 0 Å². The van der Waals surface area contributed by atoms with E-state index >= 15 is 0 Å². The Balaban J connectivity index is 1.87. The van der Waals surface area contributed by atoms with Gasteiger partial charge in [-0.2, -0.15) is 4.98 Å². The molecule has 0 radical (unpaired) electrons. The van der Waals surface area contributed by atoms with Gasteiger partial charge in [0.05, 0.1) is 0 Å². The van der Waals surface area contributed by atoms with Crippen molar-refractivity contribution in [3.05, 3.63) is 46.6 Å². The Kier molecular flexibility index (Phi) is 4.78. The van der Waals surface area contributed by atoms with Crippen molar-refractivity contribution in [3.8, 4) is 0 Å². The largest absolute Gasteiger partial charge is 0.339 e. The third-order valence-electron chi connectivity index (χ3n) is 2.78. The summed E-state index contributed by atoms with van der Waals surface area (Å²) in [5.74, 6) is 1.38. The van der Waals surface area contributed by atoms with Crippen LogP contribution in [-0.2, 0) is 12.8 Å². The van der Waals surface area contributed by atoms with Crippen LogP contribution in [0.1, 0.15) is 38.0 Å². The van der Waals surface area contributed by atoms with Gasteiger partial charge in [-0.25, -0.2) is 0 Å². The Morgan fingerprint density at radius 3 is 2.55 bits per heavy atom. The van der Waals surface area contributed by atoms with Gasteiger partial charge in [0.25, 0.3) is 0 Å². The van der Waals surface area contributed by atoms with Crippen LogP contribution >= 0.6 is 11.6 Å². The van der Waals surface area contributed by atoms with Gasteiger partial charge in [-0.15, -0.1) is 0 Å². The highest BCUT2D eigenvalue weighted by Gasteiger charge is 2.11. The van der Waals surface area contributed by atoms with Crippen LogP contribution < -0.4 is 5.32 Å². The smallest absolute Gasteiger partial charge is 0.227 e. The first-order chi connectivity index (χ1) is 9.42. The topological polar surface area (TPSA) is 51.0 Å². The molecule has 0 aliphatic rings. The van der Waals surface area contributed by atoms with Crippen LogP contribution in [0.25, 0.3) is 0 Å². The Morgan fingerprint density at radius 2 is 1.90 bits per heavy atom. The number of aromatic nitrogens is 2. The predicted octanol–water partition coefficient (Wildman–Crippen LogP) is 3.24. The summed E-state index contributed by atoms with van der Waals surface area (Å²) in [6.07, 6.45) is 1.40. The van der Waals surface area contributed by atoms with Gasteiger partial charge in [0, 0.05) is 29.9 Å². The first kappa shape index (κ1) is 15.0. The zero-order valence-electron chi connectivity index (χ0n) is 12.1. The zero-order valence-corrected chi connectivity index (χ0v) is 12.9. The molecule has 1 aromatic carbocycles. The van der Waals surface area contributed by atoms with E-state index in [2.05, 4.69) is 36.2 Å². The van der Waals surface area contributed by atoms with Crippen LogP contribution in [0.5, 0.6) is 0 Å². The highest BCUT2D eigenvalue weighted by atomic mass is 35.5. The van der Waals surface area contributed by atoms with Gasteiger partial charge in [0.2, 0.25) is 5.89 Å². The lowest BCUT2D eigenvalue weighted by atomic mass is 10.1. The lowest BCUT2D eigenvalue weighted by Crippen LogP contribution is -2.37. The Bertz CT molecular complexity index is 543. The quantitative estimate of drug-likeness (QED) is 0.919. The molecular formula is C15H20ClN3O. The van der Waals surface area contributed by atoms with Crippen molar-refractivity contribution in [1.82, 2.24) is 15.5 Å². The van der Waals surface area contributed by atoms with Crippen LogP contribution in [0.15, 0.2) is 28.8 Å². The predicted molar refractivity (Wildman–Crippen MR) is 80.0 cm³/mol. The molecule has 2 aromatic rings. The number of benzene rings is 1. The molecule has 1 N–H and O–H groups in total. The van der Waals surface area contributed by atoms with Crippen LogP contribution in [0, 0.1) is 0 Å². The summed E-state index contributed by atoms with van der Waals surface area (Å²) in [7, 11) is 0. The number of nitrogens with zero attached hydrogens (tertiary/aromatic N) is 2. The molecule has 0 saturated heterocycles. The lowest BCUT2D eigenvalue weighted by molar-refractivity contribution is 0.359. The molecule has 1 heterocycles. The highest BCUT2D eigenvalue weighted by molar-refractivity contribution is 6.30. The SMILES string of the molecule is CC(C)(C)NCCc1nc(Cc2ccc(Cl)cc2)no1. The van der Waals surface area contributed by atoms with Crippen molar-refractivity contribution in [2.75, 3.05) is 6.54 Å². The first-order valence-corrected chi connectivity index (χ1v) is 7.11. The minimum Gasteiger partial charge on any atom is -0.339 e. The van der Waals surface area contributed by atoms with Gasteiger partial charge in [0.1, 0.15) is 0 Å². The van der Waals surface area contributed by atoms with Crippen LogP contribution in [-0.4, -0.2) is 22.2 Å². The number of hydrogen-bond donors (Lipinski definition) is 1. The summed E-state index contributed by atoms with van der Waals surface area (Å²) in [6.45, 7) is 7.22. The molecule has 2 rings (SSSR count). The monoisotopic (exact) mass is 293 g/mol. The third-order valence-corrected chi connectivity index (χ3v) is 3.03. The van der Waals surface area contributed by atoms with E-state index in [0.717, 1.165) is 23.6 Å². The number of nitrogens with one attached hydrogen (secondary N) is 1. The van der Waals surface area contributed by atoms with E-state index in [1.54, 1.807) is 0 Å². The highest BCUT2D eigenvalue weighted by Crippen LogP contribution is 2.12. The van der Waals surface area contributed by atoms with Crippen LogP contribution in [0.3, 0.4) is 0 Å². The normalized spacial score (nSPS) is 11.8. The molecule has 0 atom stereocenters. The summed E-state index contributed by atoms with van der Waals surface area (Å²) in [5, 5.41) is 8.13. The van der Waals surface area contributed by atoms with Crippen LogP contribution in [0.4, 0.5) is 0 Å². The second kappa shape index (κ2) is 6.37. The minimum atomic E-state index is 0.103. The molecular weight excluding hydrogens is 274 g/mol. The van der Waals surface area contributed by atoms with Crippen molar-refractivity contribution in [1.29, 1.82) is 0 Å². The van der Waals surface area contributed by atoms with Crippen molar-refractivity contribution in [2.24, 2.45) is 0 Å². The van der Waals surface area contributed by atoms with E-state index in [9.17, 15) is 0 Å². The average molecular weight is 294 g/mol. The van der Waals surface area contributed by atoms with Gasteiger partial charge < -0.3 is 9.84 Å². The molecule has 4 nitrogen and oxygen atoms in total. The Morgan fingerprint density at radius 1 is 1.20 bits per heavy atom. The minimum absolute atomic E-state index is 0.103. The third kappa shape index (κ3) is 4.94. The maximum atomic E-state index is 5.86. The number of halogens is 1. The van der Waals surface area contributed by atoms with E-state index in [1.807, 2.05) is 24.3 Å². The van der Waals surface area contributed by atoms with Gasteiger partial charge in [0.15, 0.2) is 5.82 Å². The summed E-state index contributed by atoms with van der Waals surface area (Å²) >= 11 is 5.86. The van der Waals surface area contributed by atoms with E-state index in [0.29, 0.717) is 18.1 Å². The molecule has 0 aliphatic carbocycles. The standard InChI is InChI=1S/C15H20ClN3O/c1-15(2,3)17-9-8-14-18-13(19-20-14)10-11-4-6-12(16)7-5-11/h4-7,17H,8-10H2,1-3H3. The first-order valence-electron chi connectivity index (χ1n) is 6.73. The molecule has 1 aromatic heterocycles. The van der Waals surface area contributed by atoms with E-state index < -0.39 is 0 Å². The fraction of sp³-hybridized carbons (Fsp3) is 0.467. The van der Waals surface area contributed by atoms with Crippen molar-refractivity contribution < 1.29 is 4.52 Å². The molecule has 0 aliphatic heterocycles. The molecule has 0 amide bonds. The van der Waals surface area contributed by atoms with E-state index in [1.165, 1.54) is 0 Å². The van der Waals surface area contributed by atoms with Gasteiger partial charge in [-0.3, -0.25) is 0 Å². The van der Waals surface area contributed by atoms with Gasteiger partial charge in [-0.05, 0) is 38.5 Å². The number of rotatable bonds is 5. The van der Waals surface area contributed by atoms with E-state index in [-0.39, 0.29) is 5.54 Å². The zero-order chi connectivity index (χ0) is 14.6.